The first-order valence-corrected chi connectivity index (χ1v) is 5.73. The molecule has 1 aliphatic heterocycles. The van der Waals surface area contributed by atoms with E-state index in [1.165, 1.54) is 5.56 Å². The second-order valence-corrected chi connectivity index (χ2v) is 4.44. The number of hydrogen-bond acceptors (Lipinski definition) is 3. The smallest absolute Gasteiger partial charge is 0.238 e. The number of likely N-dealkylation sites (N-methyl/N-ethyl adjacent to an activating group) is 1. The molecule has 0 saturated carbocycles. The Labute approximate surface area is 101 Å². The van der Waals surface area contributed by atoms with Crippen molar-refractivity contribution in [3.8, 4) is 0 Å². The van der Waals surface area contributed by atoms with Gasteiger partial charge in [-0.05, 0) is 37.7 Å². The summed E-state index contributed by atoms with van der Waals surface area (Å²) in [6.45, 7) is 1.20. The monoisotopic (exact) mass is 231 g/mol. The molecule has 1 amide bonds. The molecule has 90 valence electrons. The van der Waals surface area contributed by atoms with Crippen LogP contribution in [0.2, 0.25) is 0 Å². The molecule has 4 heteroatoms. The minimum absolute atomic E-state index is 0.0194. The molecule has 17 heavy (non-hydrogen) atoms. The third-order valence-corrected chi connectivity index (χ3v) is 2.67. The van der Waals surface area contributed by atoms with Crippen LogP contribution in [0.5, 0.6) is 0 Å². The van der Waals surface area contributed by atoms with Crippen molar-refractivity contribution in [3.63, 3.8) is 0 Å². The van der Waals surface area contributed by atoms with Gasteiger partial charge in [-0.25, -0.2) is 0 Å². The van der Waals surface area contributed by atoms with Gasteiger partial charge in [-0.1, -0.05) is 12.1 Å². The van der Waals surface area contributed by atoms with Crippen LogP contribution in [0.25, 0.3) is 0 Å². The van der Waals surface area contributed by atoms with Crippen LogP contribution in [-0.2, 0) is 11.2 Å². The molecular weight excluding hydrogens is 214 g/mol. The fraction of sp³-hybridized carbons (Fsp3) is 0.385. The molecule has 0 atom stereocenters. The van der Waals surface area contributed by atoms with Crippen molar-refractivity contribution in [2.75, 3.05) is 32.5 Å². The zero-order chi connectivity index (χ0) is 12.3. The minimum atomic E-state index is 0.0194. The number of nitrogens with one attached hydrogen (secondary N) is 1. The van der Waals surface area contributed by atoms with Crippen molar-refractivity contribution >= 4 is 17.8 Å². The fourth-order valence-electron chi connectivity index (χ4n) is 1.94. The van der Waals surface area contributed by atoms with Gasteiger partial charge in [-0.3, -0.25) is 9.79 Å². The lowest BCUT2D eigenvalue weighted by molar-refractivity contribution is -0.116. The van der Waals surface area contributed by atoms with Gasteiger partial charge in [0.25, 0.3) is 0 Å². The van der Waals surface area contributed by atoms with E-state index < -0.39 is 0 Å². The van der Waals surface area contributed by atoms with Gasteiger partial charge >= 0.3 is 0 Å². The van der Waals surface area contributed by atoms with Crippen LogP contribution in [-0.4, -0.2) is 44.2 Å². The van der Waals surface area contributed by atoms with E-state index in [4.69, 9.17) is 0 Å². The van der Waals surface area contributed by atoms with Crippen molar-refractivity contribution in [1.82, 2.24) is 4.90 Å². The van der Waals surface area contributed by atoms with Gasteiger partial charge in [-0.15, -0.1) is 0 Å². The average molecular weight is 231 g/mol. The Morgan fingerprint density at radius 2 is 2.29 bits per heavy atom. The molecule has 0 unspecified atom stereocenters. The normalized spacial score (nSPS) is 13.6. The number of fused-ring (bicyclic) bond motifs is 1. The highest BCUT2D eigenvalue weighted by Crippen LogP contribution is 2.21. The van der Waals surface area contributed by atoms with Gasteiger partial charge in [0.2, 0.25) is 5.91 Å². The third-order valence-electron chi connectivity index (χ3n) is 2.67. The number of carbonyl (C=O) groups excluding carboxylic acids is 1. The summed E-state index contributed by atoms with van der Waals surface area (Å²) in [6.07, 6.45) is 2.77. The highest BCUT2D eigenvalue weighted by atomic mass is 16.2. The van der Waals surface area contributed by atoms with Crippen LogP contribution in [0.1, 0.15) is 11.1 Å². The second-order valence-electron chi connectivity index (χ2n) is 4.44. The SMILES string of the molecule is CN(C)CC(=O)Nc1cccc2c1CCN=C2. The first-order chi connectivity index (χ1) is 8.16. The summed E-state index contributed by atoms with van der Waals surface area (Å²) in [7, 11) is 3.76. The summed E-state index contributed by atoms with van der Waals surface area (Å²) < 4.78 is 0. The number of nitrogens with zero attached hydrogens (tertiary/aromatic N) is 2. The van der Waals surface area contributed by atoms with Gasteiger partial charge in [0.15, 0.2) is 0 Å². The zero-order valence-electron chi connectivity index (χ0n) is 10.2. The molecule has 0 spiro atoms. The Morgan fingerprint density at radius 1 is 1.47 bits per heavy atom. The quantitative estimate of drug-likeness (QED) is 0.848. The van der Waals surface area contributed by atoms with E-state index in [1.807, 2.05) is 43.4 Å². The molecule has 2 rings (SSSR count). The fourth-order valence-corrected chi connectivity index (χ4v) is 1.94. The van der Waals surface area contributed by atoms with E-state index >= 15 is 0 Å². The Bertz CT molecular complexity index is 452. The summed E-state index contributed by atoms with van der Waals surface area (Å²) in [6, 6.07) is 5.92. The van der Waals surface area contributed by atoms with Crippen LogP contribution >= 0.6 is 0 Å². The van der Waals surface area contributed by atoms with Gasteiger partial charge in [0.05, 0.1) is 6.54 Å². The zero-order valence-corrected chi connectivity index (χ0v) is 10.2. The Morgan fingerprint density at radius 3 is 3.06 bits per heavy atom. The van der Waals surface area contributed by atoms with Crippen molar-refractivity contribution < 1.29 is 4.79 Å². The van der Waals surface area contributed by atoms with Crippen LogP contribution < -0.4 is 5.32 Å². The van der Waals surface area contributed by atoms with E-state index in [9.17, 15) is 4.79 Å². The maximum atomic E-state index is 11.7. The molecule has 1 N–H and O–H groups in total. The molecule has 1 aromatic carbocycles. The molecule has 4 nitrogen and oxygen atoms in total. The number of hydrogen-bond donors (Lipinski definition) is 1. The van der Waals surface area contributed by atoms with Crippen LogP contribution in [0.3, 0.4) is 0 Å². The largest absolute Gasteiger partial charge is 0.325 e. The molecule has 0 bridgehead atoms. The first-order valence-electron chi connectivity index (χ1n) is 5.73. The Balaban J connectivity index is 2.16. The van der Waals surface area contributed by atoms with Crippen LogP contribution in [0.15, 0.2) is 23.2 Å². The van der Waals surface area contributed by atoms with Crippen molar-refractivity contribution in [3.05, 3.63) is 29.3 Å². The third kappa shape index (κ3) is 2.91. The molecule has 0 radical (unpaired) electrons. The molecule has 0 aromatic heterocycles. The predicted molar refractivity (Wildman–Crippen MR) is 69.8 cm³/mol. The predicted octanol–water partition coefficient (Wildman–Crippen LogP) is 1.16. The maximum absolute atomic E-state index is 11.7. The number of benzene rings is 1. The van der Waals surface area contributed by atoms with Crippen LogP contribution in [0.4, 0.5) is 5.69 Å². The lowest BCUT2D eigenvalue weighted by Gasteiger charge is -2.16. The summed E-state index contributed by atoms with van der Waals surface area (Å²) in [5.41, 5.74) is 3.22. The Hall–Kier alpha value is -1.68. The highest BCUT2D eigenvalue weighted by molar-refractivity contribution is 5.95. The molecule has 1 aromatic rings. The standard InChI is InChI=1S/C13H17N3O/c1-16(2)9-13(17)15-12-5-3-4-10-8-14-7-6-11(10)12/h3-5,8H,6-7,9H2,1-2H3,(H,15,17). The van der Waals surface area contributed by atoms with E-state index in [2.05, 4.69) is 10.3 Å². The van der Waals surface area contributed by atoms with Crippen molar-refractivity contribution in [2.45, 2.75) is 6.42 Å². The summed E-state index contributed by atoms with van der Waals surface area (Å²) in [5.74, 6) is 0.0194. The topological polar surface area (TPSA) is 44.7 Å². The van der Waals surface area contributed by atoms with Crippen LogP contribution in [0, 0.1) is 0 Å². The lowest BCUT2D eigenvalue weighted by Crippen LogP contribution is -2.27. The summed E-state index contributed by atoms with van der Waals surface area (Å²) >= 11 is 0. The van der Waals surface area contributed by atoms with Gasteiger partial charge in [0.1, 0.15) is 0 Å². The second kappa shape index (κ2) is 5.10. The van der Waals surface area contributed by atoms with E-state index in [0.717, 1.165) is 24.2 Å². The molecular formula is C13H17N3O. The lowest BCUT2D eigenvalue weighted by atomic mass is 10.0. The summed E-state index contributed by atoms with van der Waals surface area (Å²) in [4.78, 5) is 17.8. The van der Waals surface area contributed by atoms with Crippen molar-refractivity contribution in [1.29, 1.82) is 0 Å². The Kier molecular flexibility index (Phi) is 3.54. The molecule has 0 aliphatic carbocycles. The number of aliphatic imine (C=N–C) groups is 1. The molecule has 0 fully saturated rings. The molecule has 1 heterocycles. The average Bonchev–Trinajstić information content (AvgIpc) is 2.28. The first kappa shape index (κ1) is 11.8. The van der Waals surface area contributed by atoms with Crippen molar-refractivity contribution in [2.24, 2.45) is 4.99 Å². The number of carbonyl (C=O) groups is 1. The number of amides is 1. The number of rotatable bonds is 3. The highest BCUT2D eigenvalue weighted by Gasteiger charge is 2.12. The number of anilines is 1. The van der Waals surface area contributed by atoms with Gasteiger partial charge in [-0.2, -0.15) is 0 Å². The van der Waals surface area contributed by atoms with E-state index in [1.54, 1.807) is 0 Å². The molecule has 1 aliphatic rings. The maximum Gasteiger partial charge on any atom is 0.238 e. The van der Waals surface area contributed by atoms with E-state index in [0.29, 0.717) is 6.54 Å². The van der Waals surface area contributed by atoms with E-state index in [-0.39, 0.29) is 5.91 Å². The van der Waals surface area contributed by atoms with Gasteiger partial charge in [0, 0.05) is 18.4 Å². The minimum Gasteiger partial charge on any atom is -0.325 e. The summed E-state index contributed by atoms with van der Waals surface area (Å²) in [5, 5.41) is 2.96. The van der Waals surface area contributed by atoms with Gasteiger partial charge < -0.3 is 10.2 Å². The molecule has 0 saturated heterocycles.